The molecule has 0 amide bonds. The van der Waals surface area contributed by atoms with Crippen molar-refractivity contribution in [1.82, 2.24) is 9.55 Å². The van der Waals surface area contributed by atoms with Gasteiger partial charge in [-0.1, -0.05) is 68.5 Å². The van der Waals surface area contributed by atoms with Gasteiger partial charge in [-0.3, -0.25) is 0 Å². The number of aromatic nitrogens is 2. The van der Waals surface area contributed by atoms with Gasteiger partial charge in [0.05, 0.1) is 17.2 Å². The Morgan fingerprint density at radius 2 is 1.81 bits per heavy atom. The molecule has 2 heterocycles. The molecule has 27 heavy (non-hydrogen) atoms. The standard InChI is InChI=1S/C24H23N3/c25-17-19-10-12-20(13-11-19)24(16-18-6-2-1-3-7-18)22-9-5-4-8-21(22)23-26-14-15-27(23)24/h4-5,8-15,18H,1-3,6-7,16H2. The largest absolute Gasteiger partial charge is 0.317 e. The summed E-state index contributed by atoms with van der Waals surface area (Å²) in [7, 11) is 0. The van der Waals surface area contributed by atoms with Gasteiger partial charge in [-0.05, 0) is 35.6 Å². The topological polar surface area (TPSA) is 41.6 Å². The van der Waals surface area contributed by atoms with Crippen LogP contribution in [0.15, 0.2) is 60.9 Å². The van der Waals surface area contributed by atoms with E-state index in [4.69, 9.17) is 4.98 Å². The van der Waals surface area contributed by atoms with E-state index in [1.807, 2.05) is 18.3 Å². The van der Waals surface area contributed by atoms with Crippen LogP contribution < -0.4 is 0 Å². The zero-order valence-electron chi connectivity index (χ0n) is 15.4. The summed E-state index contributed by atoms with van der Waals surface area (Å²) in [5.74, 6) is 1.78. The number of rotatable bonds is 3. The van der Waals surface area contributed by atoms with Crippen LogP contribution in [-0.4, -0.2) is 9.55 Å². The molecule has 0 N–H and O–H groups in total. The molecule has 0 spiro atoms. The average Bonchev–Trinajstić information content (AvgIpc) is 3.31. The van der Waals surface area contributed by atoms with Crippen molar-refractivity contribution in [3.63, 3.8) is 0 Å². The molecule has 1 unspecified atom stereocenters. The van der Waals surface area contributed by atoms with E-state index in [9.17, 15) is 5.26 Å². The van der Waals surface area contributed by atoms with Gasteiger partial charge in [0.2, 0.25) is 0 Å². The Kier molecular flexibility index (Phi) is 3.86. The fourth-order valence-electron chi connectivity index (χ4n) is 5.23. The summed E-state index contributed by atoms with van der Waals surface area (Å²) < 4.78 is 2.38. The van der Waals surface area contributed by atoms with Crippen LogP contribution in [-0.2, 0) is 5.54 Å². The highest BCUT2D eigenvalue weighted by Crippen LogP contribution is 2.51. The molecule has 1 aliphatic carbocycles. The maximum absolute atomic E-state index is 9.24. The first kappa shape index (κ1) is 16.3. The Hall–Kier alpha value is -2.86. The maximum atomic E-state index is 9.24. The SMILES string of the molecule is N#Cc1ccc(C2(CC3CCCCC3)c3ccccc3-c3nccn32)cc1. The van der Waals surface area contributed by atoms with Crippen LogP contribution in [0.5, 0.6) is 0 Å². The summed E-state index contributed by atoms with van der Waals surface area (Å²) in [6.45, 7) is 0. The van der Waals surface area contributed by atoms with Gasteiger partial charge in [0.15, 0.2) is 0 Å². The number of hydrogen-bond acceptors (Lipinski definition) is 2. The predicted molar refractivity (Wildman–Crippen MR) is 106 cm³/mol. The van der Waals surface area contributed by atoms with E-state index in [0.29, 0.717) is 5.56 Å². The monoisotopic (exact) mass is 353 g/mol. The third-order valence-corrected chi connectivity index (χ3v) is 6.47. The Labute approximate surface area is 160 Å². The Morgan fingerprint density at radius 3 is 2.59 bits per heavy atom. The Balaban J connectivity index is 1.72. The quantitative estimate of drug-likeness (QED) is 0.624. The lowest BCUT2D eigenvalue weighted by atomic mass is 9.72. The van der Waals surface area contributed by atoms with Crippen LogP contribution in [0, 0.1) is 17.2 Å². The van der Waals surface area contributed by atoms with Crippen molar-refractivity contribution in [2.24, 2.45) is 5.92 Å². The highest BCUT2D eigenvalue weighted by Gasteiger charge is 2.46. The first-order valence-corrected chi connectivity index (χ1v) is 9.97. The molecule has 0 saturated heterocycles. The van der Waals surface area contributed by atoms with Crippen LogP contribution in [0.25, 0.3) is 11.4 Å². The zero-order valence-corrected chi connectivity index (χ0v) is 15.4. The Morgan fingerprint density at radius 1 is 1.04 bits per heavy atom. The van der Waals surface area contributed by atoms with Crippen LogP contribution in [0.4, 0.5) is 0 Å². The minimum Gasteiger partial charge on any atom is -0.317 e. The molecule has 0 radical (unpaired) electrons. The fraction of sp³-hybridized carbons (Fsp3) is 0.333. The lowest BCUT2D eigenvalue weighted by Gasteiger charge is -2.38. The lowest BCUT2D eigenvalue weighted by molar-refractivity contribution is 0.264. The summed E-state index contributed by atoms with van der Waals surface area (Å²) in [5.41, 5.74) is 4.34. The molecule has 3 aromatic rings. The minimum atomic E-state index is -0.224. The highest BCUT2D eigenvalue weighted by atomic mass is 15.2. The van der Waals surface area contributed by atoms with Crippen molar-refractivity contribution in [3.8, 4) is 17.5 Å². The van der Waals surface area contributed by atoms with Crippen LogP contribution in [0.2, 0.25) is 0 Å². The number of nitriles is 1. The van der Waals surface area contributed by atoms with Crippen molar-refractivity contribution < 1.29 is 0 Å². The summed E-state index contributed by atoms with van der Waals surface area (Å²) in [4.78, 5) is 4.70. The number of benzene rings is 2. The molecule has 1 saturated carbocycles. The van der Waals surface area contributed by atoms with Crippen molar-refractivity contribution in [1.29, 1.82) is 5.26 Å². The second-order valence-corrected chi connectivity index (χ2v) is 7.92. The van der Waals surface area contributed by atoms with Gasteiger partial charge in [0, 0.05) is 18.0 Å². The zero-order chi connectivity index (χ0) is 18.3. The van der Waals surface area contributed by atoms with E-state index < -0.39 is 0 Å². The summed E-state index contributed by atoms with van der Waals surface area (Å²) >= 11 is 0. The Bertz CT molecular complexity index is 1000. The van der Waals surface area contributed by atoms with Crippen molar-refractivity contribution in [2.45, 2.75) is 44.1 Å². The fourth-order valence-corrected chi connectivity index (χ4v) is 5.23. The number of nitrogens with zero attached hydrogens (tertiary/aromatic N) is 3. The molecule has 1 aromatic heterocycles. The molecule has 134 valence electrons. The summed E-state index contributed by atoms with van der Waals surface area (Å²) in [5, 5.41) is 9.24. The second-order valence-electron chi connectivity index (χ2n) is 7.92. The van der Waals surface area contributed by atoms with Crippen LogP contribution in [0.1, 0.15) is 55.2 Å². The van der Waals surface area contributed by atoms with E-state index in [-0.39, 0.29) is 5.54 Å². The minimum absolute atomic E-state index is 0.224. The van der Waals surface area contributed by atoms with Gasteiger partial charge in [-0.2, -0.15) is 5.26 Å². The molecule has 3 heteroatoms. The van der Waals surface area contributed by atoms with Gasteiger partial charge in [0.25, 0.3) is 0 Å². The molecule has 1 aliphatic heterocycles. The highest BCUT2D eigenvalue weighted by molar-refractivity contribution is 5.71. The van der Waals surface area contributed by atoms with E-state index in [2.05, 4.69) is 53.2 Å². The van der Waals surface area contributed by atoms with E-state index >= 15 is 0 Å². The first-order valence-electron chi connectivity index (χ1n) is 9.97. The molecule has 0 bridgehead atoms. The second kappa shape index (κ2) is 6.39. The molecule has 3 nitrogen and oxygen atoms in total. The van der Waals surface area contributed by atoms with Gasteiger partial charge in [-0.15, -0.1) is 0 Å². The van der Waals surface area contributed by atoms with Crippen LogP contribution in [0.3, 0.4) is 0 Å². The molecule has 1 fully saturated rings. The number of hydrogen-bond donors (Lipinski definition) is 0. The number of imidazole rings is 1. The van der Waals surface area contributed by atoms with Gasteiger partial charge < -0.3 is 4.57 Å². The maximum Gasteiger partial charge on any atom is 0.141 e. The predicted octanol–water partition coefficient (Wildman–Crippen LogP) is 5.50. The van der Waals surface area contributed by atoms with E-state index in [0.717, 1.165) is 18.2 Å². The lowest BCUT2D eigenvalue weighted by Crippen LogP contribution is -2.36. The third kappa shape index (κ3) is 2.44. The molecule has 1 atom stereocenters. The molecule has 2 aromatic carbocycles. The normalized spacial score (nSPS) is 21.4. The molecule has 2 aliphatic rings. The average molecular weight is 353 g/mol. The van der Waals surface area contributed by atoms with Crippen molar-refractivity contribution in [2.75, 3.05) is 0 Å². The van der Waals surface area contributed by atoms with Crippen molar-refractivity contribution >= 4 is 0 Å². The van der Waals surface area contributed by atoms with Gasteiger partial charge >= 0.3 is 0 Å². The molecule has 5 rings (SSSR count). The van der Waals surface area contributed by atoms with Crippen LogP contribution >= 0.6 is 0 Å². The van der Waals surface area contributed by atoms with E-state index in [1.165, 1.54) is 48.8 Å². The summed E-state index contributed by atoms with van der Waals surface area (Å²) in [6.07, 6.45) is 11.8. The third-order valence-electron chi connectivity index (χ3n) is 6.47. The smallest absolute Gasteiger partial charge is 0.141 e. The van der Waals surface area contributed by atoms with Gasteiger partial charge in [-0.25, -0.2) is 4.98 Å². The van der Waals surface area contributed by atoms with Gasteiger partial charge in [0.1, 0.15) is 5.82 Å². The molecular weight excluding hydrogens is 330 g/mol. The van der Waals surface area contributed by atoms with E-state index in [1.54, 1.807) is 0 Å². The molecular formula is C24H23N3. The summed E-state index contributed by atoms with van der Waals surface area (Å²) in [6, 6.07) is 19.2. The van der Waals surface area contributed by atoms with Crippen molar-refractivity contribution in [3.05, 3.63) is 77.6 Å². The first-order chi connectivity index (χ1) is 13.3. The number of fused-ring (bicyclic) bond motifs is 3.